The molecule has 0 saturated heterocycles. The molecule has 2 amide bonds. The molecule has 3 aromatic rings. The third-order valence-corrected chi connectivity index (χ3v) is 5.35. The van der Waals surface area contributed by atoms with Crippen LogP contribution in [-0.2, 0) is 6.61 Å². The fourth-order valence-electron chi connectivity index (χ4n) is 2.70. The number of rotatable bonds is 9. The zero-order chi connectivity index (χ0) is 21.3. The van der Waals surface area contributed by atoms with Crippen molar-refractivity contribution in [1.29, 1.82) is 0 Å². The molecule has 0 aliphatic heterocycles. The minimum atomic E-state index is -0.386. The fraction of sp³-hybridized carbons (Fsp3) is 0.318. The summed E-state index contributed by atoms with van der Waals surface area (Å²) < 4.78 is 11.2. The van der Waals surface area contributed by atoms with E-state index >= 15 is 0 Å². The zero-order valence-corrected chi connectivity index (χ0v) is 18.2. The average molecular weight is 427 g/mol. The lowest BCUT2D eigenvalue weighted by atomic mass is 9.99. The smallest absolute Gasteiger partial charge is 0.325 e. The molecule has 7 nitrogen and oxygen atoms in total. The van der Waals surface area contributed by atoms with Gasteiger partial charge in [-0.15, -0.1) is 10.2 Å². The van der Waals surface area contributed by atoms with Gasteiger partial charge in [0.1, 0.15) is 18.1 Å². The summed E-state index contributed by atoms with van der Waals surface area (Å²) in [5.41, 5.74) is 1.95. The molecule has 0 radical (unpaired) electrons. The number of urea groups is 1. The van der Waals surface area contributed by atoms with Crippen LogP contribution in [0.1, 0.15) is 43.7 Å². The summed E-state index contributed by atoms with van der Waals surface area (Å²) in [5.74, 6) is 2.07. The van der Waals surface area contributed by atoms with Crippen molar-refractivity contribution >= 4 is 28.2 Å². The number of hydrogen-bond donors (Lipinski definition) is 2. The monoisotopic (exact) mass is 426 g/mol. The molecule has 0 spiro atoms. The van der Waals surface area contributed by atoms with Gasteiger partial charge in [-0.2, -0.15) is 0 Å². The first kappa shape index (κ1) is 21.6. The molecule has 0 saturated carbocycles. The quantitative estimate of drug-likeness (QED) is 0.460. The Bertz CT molecular complexity index is 942. The van der Waals surface area contributed by atoms with Gasteiger partial charge in [-0.1, -0.05) is 37.3 Å². The molecule has 8 heteroatoms. The van der Waals surface area contributed by atoms with E-state index < -0.39 is 0 Å². The van der Waals surface area contributed by atoms with E-state index in [-0.39, 0.29) is 6.03 Å². The van der Waals surface area contributed by atoms with Gasteiger partial charge >= 0.3 is 6.03 Å². The molecule has 1 atom stereocenters. The topological polar surface area (TPSA) is 85.4 Å². The number of amides is 2. The molecule has 3 rings (SSSR count). The molecule has 0 bridgehead atoms. The summed E-state index contributed by atoms with van der Waals surface area (Å²) in [6, 6.07) is 14.9. The molecule has 0 unspecified atom stereocenters. The molecule has 0 aliphatic rings. The van der Waals surface area contributed by atoms with E-state index in [1.54, 1.807) is 24.3 Å². The van der Waals surface area contributed by atoms with E-state index in [4.69, 9.17) is 9.47 Å². The van der Waals surface area contributed by atoms with Crippen molar-refractivity contribution in [2.45, 2.75) is 39.7 Å². The van der Waals surface area contributed by atoms with Gasteiger partial charge in [0.2, 0.25) is 5.13 Å². The number of carbonyl (C=O) groups excluding carboxylic acids is 1. The van der Waals surface area contributed by atoms with Gasteiger partial charge in [0.25, 0.3) is 0 Å². The van der Waals surface area contributed by atoms with Crippen molar-refractivity contribution in [2.75, 3.05) is 17.2 Å². The minimum Gasteiger partial charge on any atom is -0.494 e. The van der Waals surface area contributed by atoms with Crippen LogP contribution in [0.2, 0.25) is 0 Å². The number of aromatic nitrogens is 2. The molecular formula is C22H26N4O3S. The Morgan fingerprint density at radius 3 is 2.30 bits per heavy atom. The molecule has 158 valence electrons. The maximum atomic E-state index is 12.1. The van der Waals surface area contributed by atoms with Gasteiger partial charge in [-0.25, -0.2) is 4.79 Å². The summed E-state index contributed by atoms with van der Waals surface area (Å²) in [6.45, 7) is 7.19. The molecule has 2 aromatic carbocycles. The van der Waals surface area contributed by atoms with Gasteiger partial charge in [0.15, 0.2) is 5.01 Å². The molecule has 1 heterocycles. The minimum absolute atomic E-state index is 0.294. The second-order valence-electron chi connectivity index (χ2n) is 6.70. The second-order valence-corrected chi connectivity index (χ2v) is 7.77. The van der Waals surface area contributed by atoms with Crippen LogP contribution in [0.15, 0.2) is 48.5 Å². The Kier molecular flexibility index (Phi) is 7.62. The number of ether oxygens (including phenoxy) is 2. The van der Waals surface area contributed by atoms with E-state index in [1.807, 2.05) is 19.1 Å². The zero-order valence-electron chi connectivity index (χ0n) is 17.3. The van der Waals surface area contributed by atoms with E-state index in [9.17, 15) is 4.79 Å². The fourth-order valence-corrected chi connectivity index (χ4v) is 3.34. The Hall–Kier alpha value is -3.13. The third kappa shape index (κ3) is 6.18. The highest BCUT2D eigenvalue weighted by molar-refractivity contribution is 7.15. The lowest BCUT2D eigenvalue weighted by molar-refractivity contribution is 0.262. The lowest BCUT2D eigenvalue weighted by Gasteiger charge is -2.10. The first-order valence-electron chi connectivity index (χ1n) is 9.93. The van der Waals surface area contributed by atoms with E-state index in [2.05, 4.69) is 46.8 Å². The number of hydrogen-bond acceptors (Lipinski definition) is 6. The molecule has 0 fully saturated rings. The first-order chi connectivity index (χ1) is 14.6. The molecule has 1 aromatic heterocycles. The Morgan fingerprint density at radius 1 is 0.967 bits per heavy atom. The highest BCUT2D eigenvalue weighted by Gasteiger charge is 2.10. The normalized spacial score (nSPS) is 11.6. The SMILES string of the molecule is CCOc1ccc(NC(=O)Nc2nnc(COc3ccc([C@H](C)CC)cc3)s2)cc1. The van der Waals surface area contributed by atoms with Crippen molar-refractivity contribution in [3.63, 3.8) is 0 Å². The van der Waals surface area contributed by atoms with Crippen LogP contribution in [0.3, 0.4) is 0 Å². The highest BCUT2D eigenvalue weighted by Crippen LogP contribution is 2.23. The van der Waals surface area contributed by atoms with Crippen molar-refractivity contribution in [3.8, 4) is 11.5 Å². The van der Waals surface area contributed by atoms with Crippen LogP contribution in [0, 0.1) is 0 Å². The number of benzene rings is 2. The van der Waals surface area contributed by atoms with Gasteiger partial charge in [-0.05, 0) is 61.2 Å². The Balaban J connectivity index is 1.48. The van der Waals surface area contributed by atoms with Gasteiger partial charge < -0.3 is 14.8 Å². The molecule has 30 heavy (non-hydrogen) atoms. The largest absolute Gasteiger partial charge is 0.494 e. The summed E-state index contributed by atoms with van der Waals surface area (Å²) >= 11 is 1.27. The Morgan fingerprint density at radius 2 is 1.63 bits per heavy atom. The average Bonchev–Trinajstić information content (AvgIpc) is 3.20. The maximum absolute atomic E-state index is 12.1. The third-order valence-electron chi connectivity index (χ3n) is 4.53. The van der Waals surface area contributed by atoms with Crippen LogP contribution < -0.4 is 20.1 Å². The van der Waals surface area contributed by atoms with E-state index in [0.29, 0.717) is 35.0 Å². The lowest BCUT2D eigenvalue weighted by Crippen LogP contribution is -2.19. The van der Waals surface area contributed by atoms with Crippen molar-refractivity contribution in [1.82, 2.24) is 10.2 Å². The molecule has 0 aliphatic carbocycles. The number of nitrogens with one attached hydrogen (secondary N) is 2. The van der Waals surface area contributed by atoms with Crippen molar-refractivity contribution in [2.24, 2.45) is 0 Å². The number of nitrogens with zero attached hydrogens (tertiary/aromatic N) is 2. The van der Waals surface area contributed by atoms with Gasteiger partial charge in [0.05, 0.1) is 6.61 Å². The van der Waals surface area contributed by atoms with Crippen LogP contribution in [0.5, 0.6) is 11.5 Å². The van der Waals surface area contributed by atoms with Gasteiger partial charge in [-0.3, -0.25) is 5.32 Å². The van der Waals surface area contributed by atoms with Crippen LogP contribution in [0.4, 0.5) is 15.6 Å². The predicted octanol–water partition coefficient (Wildman–Crippen LogP) is 5.67. The van der Waals surface area contributed by atoms with Crippen molar-refractivity contribution < 1.29 is 14.3 Å². The second kappa shape index (κ2) is 10.6. The summed E-state index contributed by atoms with van der Waals surface area (Å²) in [6.07, 6.45) is 1.10. The summed E-state index contributed by atoms with van der Waals surface area (Å²) in [7, 11) is 0. The maximum Gasteiger partial charge on any atom is 0.325 e. The molecule has 2 N–H and O–H groups in total. The first-order valence-corrected chi connectivity index (χ1v) is 10.7. The predicted molar refractivity (Wildman–Crippen MR) is 120 cm³/mol. The van der Waals surface area contributed by atoms with Crippen molar-refractivity contribution in [3.05, 3.63) is 59.1 Å². The van der Waals surface area contributed by atoms with Crippen LogP contribution >= 0.6 is 11.3 Å². The van der Waals surface area contributed by atoms with E-state index in [0.717, 1.165) is 17.9 Å². The summed E-state index contributed by atoms with van der Waals surface area (Å²) in [5, 5.41) is 14.6. The number of anilines is 2. The summed E-state index contributed by atoms with van der Waals surface area (Å²) in [4.78, 5) is 12.1. The number of carbonyl (C=O) groups is 1. The molecular weight excluding hydrogens is 400 g/mol. The highest BCUT2D eigenvalue weighted by atomic mass is 32.1. The standard InChI is InChI=1S/C22H26N4O3S/c1-4-15(3)16-6-10-19(11-7-16)29-14-20-25-26-22(30-20)24-21(27)23-17-8-12-18(13-9-17)28-5-2/h6-13,15H,4-5,14H2,1-3H3,(H2,23,24,26,27)/t15-/m1/s1. The van der Waals surface area contributed by atoms with Gasteiger partial charge in [0, 0.05) is 5.69 Å². The van der Waals surface area contributed by atoms with Crippen LogP contribution in [-0.4, -0.2) is 22.8 Å². The van der Waals surface area contributed by atoms with E-state index in [1.165, 1.54) is 16.9 Å². The Labute approximate surface area is 180 Å². The van der Waals surface area contributed by atoms with Crippen LogP contribution in [0.25, 0.3) is 0 Å².